The van der Waals surface area contributed by atoms with Crippen molar-refractivity contribution >= 4 is 22.2 Å². The number of nitrogen functional groups attached to an aromatic ring is 1. The number of hydrogen-bond acceptors (Lipinski definition) is 6. The van der Waals surface area contributed by atoms with E-state index in [9.17, 15) is 13.0 Å². The lowest BCUT2D eigenvalue weighted by Crippen LogP contribution is -2.13. The summed E-state index contributed by atoms with van der Waals surface area (Å²) >= 11 is 0. The van der Waals surface area contributed by atoms with Crippen molar-refractivity contribution in [3.05, 3.63) is 41.7 Å². The van der Waals surface area contributed by atoms with Gasteiger partial charge in [-0.15, -0.1) is 0 Å². The highest BCUT2D eigenvalue weighted by Gasteiger charge is 2.11. The first-order valence-electron chi connectivity index (χ1n) is 7.32. The largest absolute Gasteiger partial charge is 0.496 e. The minimum atomic E-state index is -2.91. The van der Waals surface area contributed by atoms with E-state index < -0.39 is 17.4 Å². The Bertz CT molecular complexity index is 759. The molecule has 136 valence electrons. The molecule has 0 amide bonds. The van der Waals surface area contributed by atoms with Crippen LogP contribution in [0.5, 0.6) is 11.5 Å². The maximum absolute atomic E-state index is 12.3. The number of alkyl halides is 2. The molecule has 0 spiro atoms. The average Bonchev–Trinajstić information content (AvgIpc) is 2.55. The van der Waals surface area contributed by atoms with Crippen molar-refractivity contribution in [2.45, 2.75) is 19.3 Å². The highest BCUT2D eigenvalue weighted by atomic mass is 32.2. The SMILES string of the molecule is COc1ccnc(CS(=O)CNc2ccc(OC(F)F)cc2N)c1C. The Kier molecular flexibility index (Phi) is 6.51. The smallest absolute Gasteiger partial charge is 0.387 e. The molecule has 0 radical (unpaired) electrons. The predicted molar refractivity (Wildman–Crippen MR) is 93.3 cm³/mol. The summed E-state index contributed by atoms with van der Waals surface area (Å²) in [6.45, 7) is -1.06. The van der Waals surface area contributed by atoms with E-state index >= 15 is 0 Å². The Morgan fingerprint density at radius 3 is 2.76 bits per heavy atom. The first-order chi connectivity index (χ1) is 11.9. The number of methoxy groups -OCH3 is 1. The van der Waals surface area contributed by atoms with Gasteiger partial charge in [0.15, 0.2) is 0 Å². The van der Waals surface area contributed by atoms with Gasteiger partial charge in [-0.05, 0) is 25.1 Å². The van der Waals surface area contributed by atoms with Crippen LogP contribution in [0.1, 0.15) is 11.3 Å². The van der Waals surface area contributed by atoms with Crippen LogP contribution < -0.4 is 20.5 Å². The number of aromatic nitrogens is 1. The van der Waals surface area contributed by atoms with E-state index in [1.54, 1.807) is 19.4 Å². The molecule has 2 aromatic rings. The van der Waals surface area contributed by atoms with Crippen LogP contribution in [-0.2, 0) is 16.6 Å². The number of anilines is 2. The molecule has 9 heteroatoms. The number of nitrogens with one attached hydrogen (secondary N) is 1. The molecule has 6 nitrogen and oxygen atoms in total. The Morgan fingerprint density at radius 2 is 2.12 bits per heavy atom. The molecule has 1 aromatic carbocycles. The number of nitrogens with two attached hydrogens (primary N) is 1. The van der Waals surface area contributed by atoms with Gasteiger partial charge in [0.05, 0.1) is 35.8 Å². The maximum atomic E-state index is 12.3. The summed E-state index contributed by atoms with van der Waals surface area (Å²) < 4.78 is 46.1. The van der Waals surface area contributed by atoms with Gasteiger partial charge in [-0.3, -0.25) is 9.19 Å². The average molecular weight is 371 g/mol. The van der Waals surface area contributed by atoms with Gasteiger partial charge in [0, 0.05) is 28.6 Å². The van der Waals surface area contributed by atoms with Crippen LogP contribution in [0.2, 0.25) is 0 Å². The Morgan fingerprint density at radius 1 is 1.36 bits per heavy atom. The zero-order valence-corrected chi connectivity index (χ0v) is 14.6. The molecule has 1 heterocycles. The molecule has 0 bridgehead atoms. The fourth-order valence-electron chi connectivity index (χ4n) is 2.17. The Hall–Kier alpha value is -2.42. The second kappa shape index (κ2) is 8.61. The molecule has 25 heavy (non-hydrogen) atoms. The van der Waals surface area contributed by atoms with Crippen molar-refractivity contribution < 1.29 is 22.5 Å². The highest BCUT2D eigenvalue weighted by molar-refractivity contribution is 7.84. The molecule has 0 saturated carbocycles. The molecule has 0 aliphatic rings. The lowest BCUT2D eigenvalue weighted by Gasteiger charge is -2.12. The standard InChI is InChI=1S/C16H19F2N3O3S/c1-10-14(20-6-5-15(10)23-2)8-25(22)9-21-13-4-3-11(7-12(13)19)24-16(17)18/h3-7,16,21H,8-9,19H2,1-2H3. The van der Waals surface area contributed by atoms with Crippen molar-refractivity contribution in [3.63, 3.8) is 0 Å². The third-order valence-electron chi connectivity index (χ3n) is 3.45. The van der Waals surface area contributed by atoms with Gasteiger partial charge < -0.3 is 20.5 Å². The molecule has 1 atom stereocenters. The van der Waals surface area contributed by atoms with Crippen LogP contribution in [0.4, 0.5) is 20.2 Å². The second-order valence-electron chi connectivity index (χ2n) is 5.12. The third-order valence-corrected chi connectivity index (χ3v) is 4.51. The molecule has 1 aromatic heterocycles. The van der Waals surface area contributed by atoms with Crippen LogP contribution in [0.15, 0.2) is 30.5 Å². The summed E-state index contributed by atoms with van der Waals surface area (Å²) in [4.78, 5) is 4.23. The van der Waals surface area contributed by atoms with Gasteiger partial charge >= 0.3 is 6.61 Å². The lowest BCUT2D eigenvalue weighted by molar-refractivity contribution is -0.0497. The fourth-order valence-corrected chi connectivity index (χ4v) is 3.18. The zero-order chi connectivity index (χ0) is 18.4. The molecule has 0 aliphatic heterocycles. The summed E-state index contributed by atoms with van der Waals surface area (Å²) in [6.07, 6.45) is 1.60. The van der Waals surface area contributed by atoms with Gasteiger partial charge in [-0.25, -0.2) is 0 Å². The highest BCUT2D eigenvalue weighted by Crippen LogP contribution is 2.25. The van der Waals surface area contributed by atoms with Gasteiger partial charge in [-0.2, -0.15) is 8.78 Å². The first-order valence-corrected chi connectivity index (χ1v) is 8.81. The van der Waals surface area contributed by atoms with Crippen LogP contribution in [-0.4, -0.2) is 28.8 Å². The second-order valence-corrected chi connectivity index (χ2v) is 6.57. The molecule has 1 unspecified atom stereocenters. The van der Waals surface area contributed by atoms with E-state index in [2.05, 4.69) is 15.0 Å². The van der Waals surface area contributed by atoms with E-state index in [0.717, 1.165) is 5.56 Å². The quantitative estimate of drug-likeness (QED) is 0.694. The Labute approximate surface area is 146 Å². The maximum Gasteiger partial charge on any atom is 0.387 e. The fraction of sp³-hybridized carbons (Fsp3) is 0.312. The van der Waals surface area contributed by atoms with E-state index in [1.807, 2.05) is 6.92 Å². The van der Waals surface area contributed by atoms with Crippen molar-refractivity contribution in [1.29, 1.82) is 0 Å². The van der Waals surface area contributed by atoms with E-state index in [0.29, 0.717) is 17.1 Å². The lowest BCUT2D eigenvalue weighted by atomic mass is 10.2. The summed E-state index contributed by atoms with van der Waals surface area (Å²) in [6, 6.07) is 5.88. The third kappa shape index (κ3) is 5.28. The van der Waals surface area contributed by atoms with Crippen molar-refractivity contribution in [1.82, 2.24) is 4.98 Å². The van der Waals surface area contributed by atoms with E-state index in [4.69, 9.17) is 10.5 Å². The number of ether oxygens (including phenoxy) is 2. The van der Waals surface area contributed by atoms with Crippen molar-refractivity contribution in [2.24, 2.45) is 0 Å². The van der Waals surface area contributed by atoms with Crippen LogP contribution >= 0.6 is 0 Å². The van der Waals surface area contributed by atoms with Gasteiger partial charge in [0.1, 0.15) is 11.5 Å². The number of rotatable bonds is 8. The number of hydrogen-bond donors (Lipinski definition) is 2. The minimum Gasteiger partial charge on any atom is -0.496 e. The van der Waals surface area contributed by atoms with Crippen molar-refractivity contribution in [2.75, 3.05) is 24.0 Å². The minimum absolute atomic E-state index is 0.0321. The molecule has 0 aliphatic carbocycles. The summed E-state index contributed by atoms with van der Waals surface area (Å²) in [5, 5.41) is 2.93. The molecular formula is C16H19F2N3O3S. The summed E-state index contributed by atoms with van der Waals surface area (Å²) in [5.74, 6) is 1.05. The van der Waals surface area contributed by atoms with E-state index in [1.165, 1.54) is 18.2 Å². The van der Waals surface area contributed by atoms with Gasteiger partial charge in [-0.1, -0.05) is 0 Å². The normalized spacial score (nSPS) is 12.0. The molecular weight excluding hydrogens is 352 g/mol. The number of benzene rings is 1. The number of pyridine rings is 1. The van der Waals surface area contributed by atoms with Gasteiger partial charge in [0.25, 0.3) is 0 Å². The molecule has 2 rings (SSSR count). The monoisotopic (exact) mass is 371 g/mol. The zero-order valence-electron chi connectivity index (χ0n) is 13.8. The van der Waals surface area contributed by atoms with Crippen LogP contribution in [0, 0.1) is 6.92 Å². The van der Waals surface area contributed by atoms with Crippen LogP contribution in [0.3, 0.4) is 0 Å². The molecule has 0 saturated heterocycles. The number of nitrogens with zero attached hydrogens (tertiary/aromatic N) is 1. The summed E-state index contributed by atoms with van der Waals surface area (Å²) in [7, 11) is 0.314. The van der Waals surface area contributed by atoms with E-state index in [-0.39, 0.29) is 23.1 Å². The summed E-state index contributed by atoms with van der Waals surface area (Å²) in [5.41, 5.74) is 8.03. The van der Waals surface area contributed by atoms with Crippen LogP contribution in [0.25, 0.3) is 0 Å². The topological polar surface area (TPSA) is 86.5 Å². The molecule has 0 fully saturated rings. The molecule has 3 N–H and O–H groups in total. The van der Waals surface area contributed by atoms with Crippen molar-refractivity contribution in [3.8, 4) is 11.5 Å². The number of halogens is 2. The predicted octanol–water partition coefficient (Wildman–Crippen LogP) is 2.90. The first kappa shape index (κ1) is 18.9. The Balaban J connectivity index is 1.96. The van der Waals surface area contributed by atoms with Gasteiger partial charge in [0.2, 0.25) is 0 Å².